The van der Waals surface area contributed by atoms with Crippen molar-refractivity contribution in [2.45, 2.75) is 26.2 Å². The lowest BCUT2D eigenvalue weighted by Crippen LogP contribution is -2.17. The number of anilines is 1. The van der Waals surface area contributed by atoms with E-state index in [1.807, 2.05) is 20.8 Å². The molecule has 0 saturated heterocycles. The second-order valence-electron chi connectivity index (χ2n) is 5.73. The molecule has 21 heavy (non-hydrogen) atoms. The quantitative estimate of drug-likeness (QED) is 0.850. The molecule has 0 aliphatic carbocycles. The molecule has 5 heteroatoms. The Morgan fingerprint density at radius 1 is 1.14 bits per heavy atom. The number of aromatic nitrogens is 1. The number of halogens is 2. The van der Waals surface area contributed by atoms with Gasteiger partial charge in [-0.2, -0.15) is 0 Å². The van der Waals surface area contributed by atoms with Crippen molar-refractivity contribution in [1.82, 2.24) is 4.98 Å². The first-order valence-corrected chi connectivity index (χ1v) is 7.26. The van der Waals surface area contributed by atoms with Crippen LogP contribution in [0.5, 0.6) is 0 Å². The smallest absolute Gasteiger partial charge is 0.255 e. The first kappa shape index (κ1) is 15.8. The van der Waals surface area contributed by atoms with Gasteiger partial charge in [0.05, 0.1) is 15.7 Å². The third-order valence-corrected chi connectivity index (χ3v) is 3.62. The summed E-state index contributed by atoms with van der Waals surface area (Å²) in [5, 5.41) is 3.55. The molecule has 0 atom stereocenters. The summed E-state index contributed by atoms with van der Waals surface area (Å²) in [5.41, 5.74) is 1.66. The van der Waals surface area contributed by atoms with Crippen LogP contribution in [0, 0.1) is 0 Å². The van der Waals surface area contributed by atoms with E-state index >= 15 is 0 Å². The van der Waals surface area contributed by atoms with Gasteiger partial charge in [-0.25, -0.2) is 0 Å². The molecule has 1 amide bonds. The van der Waals surface area contributed by atoms with Crippen LogP contribution in [0.2, 0.25) is 10.0 Å². The number of para-hydroxylation sites is 1. The minimum atomic E-state index is -0.266. The van der Waals surface area contributed by atoms with Gasteiger partial charge in [-0.15, -0.1) is 0 Å². The van der Waals surface area contributed by atoms with Crippen molar-refractivity contribution in [2.75, 3.05) is 5.32 Å². The Bertz CT molecular complexity index is 658. The summed E-state index contributed by atoms with van der Waals surface area (Å²) < 4.78 is 0. The van der Waals surface area contributed by atoms with Crippen molar-refractivity contribution in [3.05, 3.63) is 57.8 Å². The van der Waals surface area contributed by atoms with Crippen LogP contribution in [0.4, 0.5) is 5.69 Å². The van der Waals surface area contributed by atoms with E-state index in [0.29, 0.717) is 21.3 Å². The van der Waals surface area contributed by atoms with E-state index in [1.165, 1.54) is 0 Å². The average molecular weight is 323 g/mol. The van der Waals surface area contributed by atoms with Gasteiger partial charge in [-0.1, -0.05) is 50.0 Å². The number of hydrogen-bond acceptors (Lipinski definition) is 2. The molecule has 1 aromatic carbocycles. The van der Waals surface area contributed by atoms with Crippen LogP contribution in [-0.4, -0.2) is 10.9 Å². The average Bonchev–Trinajstić information content (AvgIpc) is 2.42. The van der Waals surface area contributed by atoms with E-state index in [0.717, 1.165) is 5.69 Å². The second kappa shape index (κ2) is 6.04. The molecule has 110 valence electrons. The molecular weight excluding hydrogens is 307 g/mol. The largest absolute Gasteiger partial charge is 0.319 e. The maximum absolute atomic E-state index is 12.3. The first-order chi connectivity index (χ1) is 9.79. The molecule has 3 nitrogen and oxygen atoms in total. The summed E-state index contributed by atoms with van der Waals surface area (Å²) in [6.07, 6.45) is 1.63. The van der Waals surface area contributed by atoms with Crippen LogP contribution in [0.25, 0.3) is 0 Å². The van der Waals surface area contributed by atoms with Crippen LogP contribution in [0.3, 0.4) is 0 Å². The summed E-state index contributed by atoms with van der Waals surface area (Å²) in [4.78, 5) is 16.6. The molecule has 0 aliphatic rings. The Labute approximate surface area is 134 Å². The molecule has 1 N–H and O–H groups in total. The number of carbonyl (C=O) groups is 1. The van der Waals surface area contributed by atoms with E-state index < -0.39 is 0 Å². The normalized spacial score (nSPS) is 11.3. The van der Waals surface area contributed by atoms with Gasteiger partial charge in [0.2, 0.25) is 0 Å². The van der Waals surface area contributed by atoms with Gasteiger partial charge in [-0.3, -0.25) is 9.78 Å². The van der Waals surface area contributed by atoms with Gasteiger partial charge in [0.15, 0.2) is 0 Å². The molecule has 2 rings (SSSR count). The summed E-state index contributed by atoms with van der Waals surface area (Å²) in [7, 11) is 0. The summed E-state index contributed by atoms with van der Waals surface area (Å²) in [5.74, 6) is -0.266. The standard InChI is InChI=1S/C16H16Cl2N2O/c1-16(2,3)13-9-10(7-8-19-13)15(21)20-14-11(17)5-4-6-12(14)18/h4-9H,1-3H3,(H,20,21). The lowest BCUT2D eigenvalue weighted by molar-refractivity contribution is 0.102. The Balaban J connectivity index is 2.29. The van der Waals surface area contributed by atoms with Crippen molar-refractivity contribution in [3.63, 3.8) is 0 Å². The van der Waals surface area contributed by atoms with Crippen LogP contribution in [-0.2, 0) is 5.41 Å². The third kappa shape index (κ3) is 3.74. The Morgan fingerprint density at radius 2 is 1.76 bits per heavy atom. The molecule has 1 aromatic heterocycles. The second-order valence-corrected chi connectivity index (χ2v) is 6.54. The number of nitrogens with one attached hydrogen (secondary N) is 1. The Morgan fingerprint density at radius 3 is 2.33 bits per heavy atom. The van der Waals surface area contributed by atoms with Gasteiger partial charge in [-0.05, 0) is 24.3 Å². The van der Waals surface area contributed by atoms with Gasteiger partial charge in [0.1, 0.15) is 0 Å². The Kier molecular flexibility index (Phi) is 4.55. The molecule has 0 radical (unpaired) electrons. The van der Waals surface area contributed by atoms with E-state index in [1.54, 1.807) is 36.5 Å². The van der Waals surface area contributed by atoms with E-state index in [-0.39, 0.29) is 11.3 Å². The van der Waals surface area contributed by atoms with Gasteiger partial charge >= 0.3 is 0 Å². The molecule has 0 fully saturated rings. The zero-order chi connectivity index (χ0) is 15.6. The molecule has 0 spiro atoms. The number of rotatable bonds is 2. The highest BCUT2D eigenvalue weighted by Gasteiger charge is 2.18. The summed E-state index contributed by atoms with van der Waals surface area (Å²) in [6, 6.07) is 8.52. The maximum atomic E-state index is 12.3. The zero-order valence-corrected chi connectivity index (χ0v) is 13.6. The fourth-order valence-electron chi connectivity index (χ4n) is 1.78. The van der Waals surface area contributed by atoms with Crippen molar-refractivity contribution < 1.29 is 4.79 Å². The van der Waals surface area contributed by atoms with Crippen LogP contribution >= 0.6 is 23.2 Å². The molecule has 0 saturated carbocycles. The number of carbonyl (C=O) groups excluding carboxylic acids is 1. The highest BCUT2D eigenvalue weighted by molar-refractivity contribution is 6.40. The maximum Gasteiger partial charge on any atom is 0.255 e. The summed E-state index contributed by atoms with van der Waals surface area (Å²) >= 11 is 12.1. The van der Waals surface area contributed by atoms with Crippen LogP contribution < -0.4 is 5.32 Å². The van der Waals surface area contributed by atoms with E-state index in [4.69, 9.17) is 23.2 Å². The number of hydrogen-bond donors (Lipinski definition) is 1. The van der Waals surface area contributed by atoms with Crippen molar-refractivity contribution in [2.24, 2.45) is 0 Å². The van der Waals surface area contributed by atoms with Crippen LogP contribution in [0.15, 0.2) is 36.5 Å². The predicted molar refractivity (Wildman–Crippen MR) is 87.4 cm³/mol. The highest BCUT2D eigenvalue weighted by atomic mass is 35.5. The number of pyridine rings is 1. The molecule has 2 aromatic rings. The van der Waals surface area contributed by atoms with E-state index in [9.17, 15) is 4.79 Å². The lowest BCUT2D eigenvalue weighted by atomic mass is 9.91. The number of amides is 1. The summed E-state index contributed by atoms with van der Waals surface area (Å²) in [6.45, 7) is 6.13. The number of nitrogens with zero attached hydrogens (tertiary/aromatic N) is 1. The van der Waals surface area contributed by atoms with Crippen molar-refractivity contribution in [3.8, 4) is 0 Å². The Hall–Kier alpha value is -1.58. The molecule has 0 aliphatic heterocycles. The third-order valence-electron chi connectivity index (χ3n) is 2.99. The molecular formula is C16H16Cl2N2O. The minimum Gasteiger partial charge on any atom is -0.319 e. The lowest BCUT2D eigenvalue weighted by Gasteiger charge is -2.18. The highest BCUT2D eigenvalue weighted by Crippen LogP contribution is 2.30. The zero-order valence-electron chi connectivity index (χ0n) is 12.1. The van der Waals surface area contributed by atoms with Crippen molar-refractivity contribution >= 4 is 34.8 Å². The molecule has 1 heterocycles. The fraction of sp³-hybridized carbons (Fsp3) is 0.250. The fourth-order valence-corrected chi connectivity index (χ4v) is 2.28. The minimum absolute atomic E-state index is 0.127. The first-order valence-electron chi connectivity index (χ1n) is 6.51. The van der Waals surface area contributed by atoms with Gasteiger partial charge in [0.25, 0.3) is 5.91 Å². The van der Waals surface area contributed by atoms with Crippen LogP contribution in [0.1, 0.15) is 36.8 Å². The SMILES string of the molecule is CC(C)(C)c1cc(C(=O)Nc2c(Cl)cccc2Cl)ccn1. The number of benzene rings is 1. The monoisotopic (exact) mass is 322 g/mol. The molecule has 0 unspecified atom stereocenters. The van der Waals surface area contributed by atoms with Gasteiger partial charge < -0.3 is 5.32 Å². The van der Waals surface area contributed by atoms with Crippen molar-refractivity contribution in [1.29, 1.82) is 0 Å². The van der Waals surface area contributed by atoms with E-state index in [2.05, 4.69) is 10.3 Å². The van der Waals surface area contributed by atoms with Gasteiger partial charge in [0, 0.05) is 22.9 Å². The molecule has 0 bridgehead atoms. The topological polar surface area (TPSA) is 42.0 Å². The predicted octanol–water partition coefficient (Wildman–Crippen LogP) is 4.94.